The molecule has 0 aliphatic rings. The van der Waals surface area contributed by atoms with E-state index < -0.39 is 45.0 Å². The van der Waals surface area contributed by atoms with E-state index in [0.29, 0.717) is 74.1 Å². The van der Waals surface area contributed by atoms with Crippen LogP contribution < -0.4 is 43.0 Å². The molecule has 0 aliphatic heterocycles. The Morgan fingerprint density at radius 3 is 1.16 bits per heavy atom. The molecule has 0 spiro atoms. The molecule has 13 rings (SSSR count). The van der Waals surface area contributed by atoms with Crippen LogP contribution in [0.5, 0.6) is 0 Å². The summed E-state index contributed by atoms with van der Waals surface area (Å²) < 4.78 is 36.4. The van der Waals surface area contributed by atoms with E-state index in [1.54, 1.807) is 107 Å². The molecule has 13 aromatic rings. The Hall–Kier alpha value is -12.7. The fourth-order valence-electron chi connectivity index (χ4n) is 9.01. The Bertz CT molecular complexity index is 5690. The number of fused-ring (bicyclic) bond motifs is 3. The monoisotopic (exact) mass is 2030 g/mol. The van der Waals surface area contributed by atoms with Gasteiger partial charge in [-0.25, -0.2) is 34.0 Å². The van der Waals surface area contributed by atoms with Crippen molar-refractivity contribution < 1.29 is 61.5 Å². The third-order valence-electron chi connectivity index (χ3n) is 15.4. The fraction of sp³-hybridized carbons (Fsp3) is 0.247. The Kier molecular flexibility index (Phi) is 51.4. The van der Waals surface area contributed by atoms with Gasteiger partial charge >= 0.3 is 29.8 Å². The van der Waals surface area contributed by atoms with Crippen molar-refractivity contribution >= 4 is 215 Å². The Balaban J connectivity index is 0.000000312. The SMILES string of the molecule is CCOC(=O)/C(Br)=N/Nc1ccc(Cl)nn1.CCOC(=O)/C=N/Nc1ccc(Cl)nn1.CCOC(=O)C=O.CCOC(=O)c1nnc2ccc(Cl)nn12.CCOC(=O)c1nnc2ccc(N(C)[C@@H](C)c3ccccc3)nn12.CN[C@@H](C)c1ccccc1.C[C@@H](c1ccccc1)N(C)c1ccc2nnc(C(N)=O)n2n1.Clc1ccc(Cl)nn1.NNc1ccc(Cl)nn1.O=S(Cl)Cl. The number of halogens is 9. The van der Waals surface area contributed by atoms with Crippen LogP contribution in [0.2, 0.25) is 30.9 Å². The van der Waals surface area contributed by atoms with Crippen molar-refractivity contribution in [3.8, 4) is 0 Å². The average Bonchev–Trinajstić information content (AvgIpc) is 1.65. The first-order valence-electron chi connectivity index (χ1n) is 37.6. The molecule has 0 unspecified atom stereocenters. The van der Waals surface area contributed by atoms with Gasteiger partial charge < -0.3 is 50.0 Å². The highest BCUT2D eigenvalue weighted by molar-refractivity contribution is 9.19. The van der Waals surface area contributed by atoms with Crippen molar-refractivity contribution in [1.82, 2.24) is 106 Å². The molecule has 8 N–H and O–H groups in total. The Labute approximate surface area is 792 Å². The number of hydrogen-bond acceptors (Lipinski definition) is 39. The maximum atomic E-state index is 12.0. The zero-order valence-electron chi connectivity index (χ0n) is 70.7. The number of nitrogens with one attached hydrogen (secondary N) is 4. The highest BCUT2D eigenvalue weighted by atomic mass is 79.9. The molecule has 0 aliphatic carbocycles. The number of nitrogens with zero attached hydrogens (tertiary/aromatic N) is 24. The van der Waals surface area contributed by atoms with Crippen molar-refractivity contribution in [2.45, 2.75) is 73.5 Å². The Morgan fingerprint density at radius 1 is 0.454 bits per heavy atom. The number of aldehydes is 1. The molecule has 43 nitrogen and oxygen atoms in total. The van der Waals surface area contributed by atoms with Gasteiger partial charge in [-0.3, -0.25) is 20.4 Å². The van der Waals surface area contributed by atoms with Gasteiger partial charge in [0.1, 0.15) is 23.0 Å². The number of amides is 1. The smallest absolute Gasteiger partial charge is 0.378 e. The molecule has 0 bridgehead atoms. The van der Waals surface area contributed by atoms with Gasteiger partial charge in [-0.15, -0.1) is 81.6 Å². The van der Waals surface area contributed by atoms with Crippen molar-refractivity contribution in [2.24, 2.45) is 21.8 Å². The molecule has 53 heteroatoms. The van der Waals surface area contributed by atoms with Gasteiger partial charge in [0.2, 0.25) is 26.0 Å². The standard InChI is InChI=1S/C17H19N5O2.C15H16N6O.C9H13N.C8H8BrClN4O2.C8H7ClN4O2.C8H9ClN4O2.C4H2Cl2N2.C4H5ClN4.C4H6O3.Cl2OS/c1-4-24-17(23)16-19-18-14-10-11-15(20-22(14)16)21(3)12(2)13-8-6-5-7-9-13;1-10(11-6-4-3-5-7-11)20(2)13-9-8-12-17-18-15(14(16)22)21(12)19-13;1-8(10-2)9-6-4-3-5-7-9;1-2-16-8(15)7(9)14-13-6-4-3-5(10)11-12-6;1-2-15-8(14)7-11-10-6-4-3-5(9)12-13(6)7;1-2-15-8(14)5-10-12-7-4-3-6(9)11-13-7;5-3-1-2-4(6)8-7-3;5-3-1-2-4(7-6)9-8-3;1-2-7-4(6)3-5;1-4(2)3/h5-12H,4H2,1-3H3;3-10H,1-2H3,(H2,16,22);3-8,10H,1-2H3;3-4H,2H2,1H3,(H,12,13);3-4H,2H2,1H3;3-5H,2H2,1H3,(H,12,13);1-2H;1-2H,6H2,(H,7,9);3H,2H2,1H3;/b;;;14-7-;;10-5+;;;;/t12-;10-;8-;;;;;;;/m000......./s1. The van der Waals surface area contributed by atoms with Crippen molar-refractivity contribution in [3.63, 3.8) is 0 Å². The summed E-state index contributed by atoms with van der Waals surface area (Å²) in [5, 5.41) is 76.6. The molecular formula is C77H85BrCl8N30O13S. The second-order valence-electron chi connectivity index (χ2n) is 24.0. The largest absolute Gasteiger partial charge is 0.462 e. The van der Waals surface area contributed by atoms with E-state index >= 15 is 0 Å². The highest BCUT2D eigenvalue weighted by Gasteiger charge is 2.22. The number of hydrazone groups is 2. The number of primary amides is 1. The summed E-state index contributed by atoms with van der Waals surface area (Å²) in [7, 11) is 13.2. The third kappa shape index (κ3) is 40.3. The average molecular weight is 2030 g/mol. The number of esters is 5. The summed E-state index contributed by atoms with van der Waals surface area (Å²) >= 11 is 35.9. The van der Waals surface area contributed by atoms with Crippen LogP contribution in [0, 0.1) is 0 Å². The molecule has 3 aromatic carbocycles. The number of nitrogens with two attached hydrogens (primary N) is 2. The second-order valence-corrected chi connectivity index (χ2v) is 29.6. The van der Waals surface area contributed by atoms with E-state index in [-0.39, 0.29) is 82.4 Å². The molecule has 10 heterocycles. The number of anilines is 5. The number of carbonyl (C=O) groups is 7. The van der Waals surface area contributed by atoms with Crippen LogP contribution in [0.3, 0.4) is 0 Å². The molecule has 3 atom stereocenters. The molecule has 1 amide bonds. The minimum Gasteiger partial charge on any atom is -0.462 e. The van der Waals surface area contributed by atoms with Gasteiger partial charge in [0.25, 0.3) is 17.6 Å². The molecule has 10 aromatic heterocycles. The first-order chi connectivity index (χ1) is 62.3. The molecule has 690 valence electrons. The van der Waals surface area contributed by atoms with E-state index in [9.17, 15) is 33.6 Å². The van der Waals surface area contributed by atoms with Crippen LogP contribution >= 0.6 is 107 Å². The number of aromatic nitrogens is 20. The van der Waals surface area contributed by atoms with Gasteiger partial charge in [-0.05, 0) is 180 Å². The Morgan fingerprint density at radius 2 is 0.800 bits per heavy atom. The second kappa shape index (κ2) is 61.0. The van der Waals surface area contributed by atoms with Crippen LogP contribution in [0.4, 0.5) is 29.1 Å². The first-order valence-corrected chi connectivity index (χ1v) is 43.4. The minimum absolute atomic E-state index is 0.0195. The van der Waals surface area contributed by atoms with Crippen molar-refractivity contribution in [3.05, 3.63) is 241 Å². The lowest BCUT2D eigenvalue weighted by Crippen LogP contribution is -2.24. The van der Waals surface area contributed by atoms with E-state index in [0.717, 1.165) is 6.21 Å². The normalized spacial score (nSPS) is 11.0. The van der Waals surface area contributed by atoms with Crippen molar-refractivity contribution in [2.75, 3.05) is 80.3 Å². The van der Waals surface area contributed by atoms with Gasteiger partial charge in [-0.1, -0.05) is 161 Å². The summed E-state index contributed by atoms with van der Waals surface area (Å²) in [5.74, 6) is 4.15. The van der Waals surface area contributed by atoms with Gasteiger partial charge in [0.05, 0.1) is 45.1 Å². The van der Waals surface area contributed by atoms with Crippen LogP contribution in [-0.2, 0) is 52.1 Å². The number of hydrogen-bond donors (Lipinski definition) is 6. The predicted octanol–water partition coefficient (Wildman–Crippen LogP) is 12.7. The maximum absolute atomic E-state index is 12.0. The quantitative estimate of drug-likeness (QED) is 0.00478. The number of ether oxygens (including phenoxy) is 5. The van der Waals surface area contributed by atoms with Crippen molar-refractivity contribution in [1.29, 1.82) is 0 Å². The summed E-state index contributed by atoms with van der Waals surface area (Å²) in [4.78, 5) is 79.9. The lowest BCUT2D eigenvalue weighted by Gasteiger charge is -2.26. The number of nitrogen functional groups attached to an aromatic ring is 1. The fourth-order valence-corrected chi connectivity index (χ4v) is 9.86. The van der Waals surface area contributed by atoms with E-state index in [1.807, 2.05) is 85.5 Å². The van der Waals surface area contributed by atoms with Crippen LogP contribution in [0.25, 0.3) is 16.9 Å². The summed E-state index contributed by atoms with van der Waals surface area (Å²) in [6, 6.07) is 54.5. The third-order valence-corrected chi connectivity index (χ3v) is 17.1. The first kappa shape index (κ1) is 110. The number of hydrazine groups is 1. The van der Waals surface area contributed by atoms with Gasteiger partial charge in [0, 0.05) is 41.5 Å². The zero-order chi connectivity index (χ0) is 96.0. The van der Waals surface area contributed by atoms with Gasteiger partial charge in [0.15, 0.2) is 60.2 Å². The van der Waals surface area contributed by atoms with E-state index in [4.69, 9.17) is 99.6 Å². The topological polar surface area (TPSA) is 546 Å². The molecule has 0 radical (unpaired) electrons. The molecular weight excluding hydrogens is 1950 g/mol. The molecule has 130 heavy (non-hydrogen) atoms. The number of benzene rings is 3. The number of carbonyl (C=O) groups excluding carboxylic acids is 7. The van der Waals surface area contributed by atoms with E-state index in [2.05, 4.69) is 235 Å². The highest BCUT2D eigenvalue weighted by Crippen LogP contribution is 2.26. The zero-order valence-corrected chi connectivity index (χ0v) is 79.1. The number of rotatable bonds is 24. The predicted molar refractivity (Wildman–Crippen MR) is 497 cm³/mol. The molecule has 0 saturated heterocycles. The van der Waals surface area contributed by atoms with Crippen LogP contribution in [0.1, 0.15) is 122 Å². The lowest BCUT2D eigenvalue weighted by atomic mass is 10.1. The van der Waals surface area contributed by atoms with E-state index in [1.165, 1.54) is 30.2 Å². The summed E-state index contributed by atoms with van der Waals surface area (Å²) in [5.41, 5.74) is 17.7. The van der Waals surface area contributed by atoms with Crippen LogP contribution in [0.15, 0.2) is 186 Å². The lowest BCUT2D eigenvalue weighted by molar-refractivity contribution is -0.148. The molecule has 0 fully saturated rings. The molecule has 0 saturated carbocycles. The maximum Gasteiger partial charge on any atom is 0.378 e. The summed E-state index contributed by atoms with van der Waals surface area (Å²) in [6.45, 7) is 16.2. The summed E-state index contributed by atoms with van der Waals surface area (Å²) in [6.07, 6.45) is 1.16. The van der Waals surface area contributed by atoms with Crippen LogP contribution in [-0.4, -0.2) is 211 Å². The van der Waals surface area contributed by atoms with Gasteiger partial charge in [-0.2, -0.15) is 28.8 Å². The minimum atomic E-state index is -1.67.